The summed E-state index contributed by atoms with van der Waals surface area (Å²) in [5.41, 5.74) is 6.10. The van der Waals surface area contributed by atoms with Crippen molar-refractivity contribution in [1.82, 2.24) is 9.88 Å². The Balaban J connectivity index is 2.85. The minimum absolute atomic E-state index is 0.204. The van der Waals surface area contributed by atoms with Crippen molar-refractivity contribution in [3.63, 3.8) is 0 Å². The van der Waals surface area contributed by atoms with E-state index < -0.39 is 5.54 Å². The summed E-state index contributed by atoms with van der Waals surface area (Å²) in [7, 11) is 3.87. The van der Waals surface area contributed by atoms with Crippen LogP contribution in [0.15, 0.2) is 18.3 Å². The molecule has 1 aromatic rings. The fraction of sp³-hybridized carbons (Fsp3) is 0.538. The second kappa shape index (κ2) is 5.27. The zero-order valence-corrected chi connectivity index (χ0v) is 11.0. The van der Waals surface area contributed by atoms with E-state index in [1.54, 1.807) is 12.3 Å². The summed E-state index contributed by atoms with van der Waals surface area (Å²) in [5, 5.41) is 0. The van der Waals surface area contributed by atoms with Crippen LogP contribution in [0.5, 0.6) is 0 Å². The van der Waals surface area contributed by atoms with Crippen LogP contribution in [0.1, 0.15) is 25.8 Å². The fourth-order valence-electron chi connectivity index (χ4n) is 1.74. The fourth-order valence-corrected chi connectivity index (χ4v) is 1.74. The van der Waals surface area contributed by atoms with E-state index in [0.29, 0.717) is 12.2 Å². The van der Waals surface area contributed by atoms with Crippen molar-refractivity contribution in [1.29, 1.82) is 0 Å². The lowest BCUT2D eigenvalue weighted by atomic mass is 9.88. The van der Waals surface area contributed by atoms with Crippen molar-refractivity contribution in [3.05, 3.63) is 23.9 Å². The molecule has 0 aromatic carbocycles. The molecule has 1 aromatic heterocycles. The molecule has 0 aliphatic heterocycles. The molecule has 0 aliphatic rings. The van der Waals surface area contributed by atoms with Crippen LogP contribution < -0.4 is 5.73 Å². The average Bonchev–Trinajstić information content (AvgIpc) is 2.27. The van der Waals surface area contributed by atoms with Gasteiger partial charge < -0.3 is 5.73 Å². The van der Waals surface area contributed by atoms with E-state index in [9.17, 15) is 4.79 Å². The lowest BCUT2D eigenvalue weighted by Gasteiger charge is -2.34. The molecule has 0 fully saturated rings. The summed E-state index contributed by atoms with van der Waals surface area (Å²) in [5.74, 6) is 0.661. The monoisotopic (exact) mass is 235 g/mol. The second-order valence-corrected chi connectivity index (χ2v) is 4.71. The molecule has 4 nitrogen and oxygen atoms in total. The van der Waals surface area contributed by atoms with Gasteiger partial charge in [-0.15, -0.1) is 0 Å². The predicted molar refractivity (Wildman–Crippen MR) is 69.7 cm³/mol. The number of carbonyl (C=O) groups excluding carboxylic acids is 1. The Morgan fingerprint density at radius 1 is 1.53 bits per heavy atom. The van der Waals surface area contributed by atoms with E-state index in [1.165, 1.54) is 0 Å². The third-order valence-corrected chi connectivity index (χ3v) is 3.49. The quantitative estimate of drug-likeness (QED) is 0.840. The summed E-state index contributed by atoms with van der Waals surface area (Å²) >= 11 is 0. The smallest absolute Gasteiger partial charge is 0.157 e. The highest BCUT2D eigenvalue weighted by Crippen LogP contribution is 2.20. The number of nitrogens with two attached hydrogens (primary N) is 1. The maximum absolute atomic E-state index is 12.3. The van der Waals surface area contributed by atoms with Crippen LogP contribution >= 0.6 is 0 Å². The summed E-state index contributed by atoms with van der Waals surface area (Å²) in [6.45, 7) is 4.00. The lowest BCUT2D eigenvalue weighted by Crippen LogP contribution is -2.48. The molecule has 0 spiro atoms. The standard InChI is InChI=1S/C13H21N3O/c1-5-13(2,16(3)4)11(17)8-10-6-7-15-12(14)9-10/h6-7,9H,5,8H2,1-4H3,(H2,14,15). The van der Waals surface area contributed by atoms with Gasteiger partial charge in [-0.1, -0.05) is 6.92 Å². The largest absolute Gasteiger partial charge is 0.384 e. The molecule has 1 heterocycles. The minimum Gasteiger partial charge on any atom is -0.384 e. The lowest BCUT2D eigenvalue weighted by molar-refractivity contribution is -0.128. The summed E-state index contributed by atoms with van der Waals surface area (Å²) in [6, 6.07) is 3.59. The molecule has 1 rings (SSSR count). The van der Waals surface area contributed by atoms with Crippen LogP contribution in [0.2, 0.25) is 0 Å². The highest BCUT2D eigenvalue weighted by molar-refractivity contribution is 5.89. The molecule has 1 atom stereocenters. The van der Waals surface area contributed by atoms with Crippen molar-refractivity contribution in [2.45, 2.75) is 32.2 Å². The second-order valence-electron chi connectivity index (χ2n) is 4.71. The molecular weight excluding hydrogens is 214 g/mol. The molecule has 1 unspecified atom stereocenters. The van der Waals surface area contributed by atoms with Gasteiger partial charge in [-0.05, 0) is 45.1 Å². The number of rotatable bonds is 5. The van der Waals surface area contributed by atoms with Crippen molar-refractivity contribution < 1.29 is 4.79 Å². The van der Waals surface area contributed by atoms with E-state index in [0.717, 1.165) is 12.0 Å². The minimum atomic E-state index is -0.419. The normalized spacial score (nSPS) is 14.6. The van der Waals surface area contributed by atoms with E-state index in [-0.39, 0.29) is 5.78 Å². The van der Waals surface area contributed by atoms with Crippen LogP contribution in [0, 0.1) is 0 Å². The number of likely N-dealkylation sites (N-methyl/N-ethyl adjacent to an activating group) is 1. The summed E-state index contributed by atoms with van der Waals surface area (Å²) in [6.07, 6.45) is 2.82. The topological polar surface area (TPSA) is 59.2 Å². The Morgan fingerprint density at radius 2 is 2.18 bits per heavy atom. The van der Waals surface area contributed by atoms with Gasteiger partial charge in [-0.2, -0.15) is 0 Å². The molecule has 17 heavy (non-hydrogen) atoms. The number of pyridine rings is 1. The maximum atomic E-state index is 12.3. The Kier molecular flexibility index (Phi) is 4.23. The molecule has 94 valence electrons. The van der Waals surface area contributed by atoms with Gasteiger partial charge in [-0.25, -0.2) is 4.98 Å². The van der Waals surface area contributed by atoms with Gasteiger partial charge in [0.15, 0.2) is 5.78 Å². The van der Waals surface area contributed by atoms with Crippen LogP contribution in [-0.2, 0) is 11.2 Å². The van der Waals surface area contributed by atoms with Crippen molar-refractivity contribution in [3.8, 4) is 0 Å². The van der Waals surface area contributed by atoms with Gasteiger partial charge in [0.25, 0.3) is 0 Å². The number of anilines is 1. The first kappa shape index (κ1) is 13.6. The third kappa shape index (κ3) is 3.03. The molecule has 0 saturated carbocycles. The van der Waals surface area contributed by atoms with Crippen LogP contribution in [0.3, 0.4) is 0 Å². The van der Waals surface area contributed by atoms with Gasteiger partial charge in [-0.3, -0.25) is 9.69 Å². The summed E-state index contributed by atoms with van der Waals surface area (Å²) in [4.78, 5) is 18.2. The average molecular weight is 235 g/mol. The zero-order valence-electron chi connectivity index (χ0n) is 11.0. The number of nitrogen functional groups attached to an aromatic ring is 1. The van der Waals surface area contributed by atoms with Gasteiger partial charge in [0.05, 0.1) is 5.54 Å². The number of aromatic nitrogens is 1. The molecule has 0 aliphatic carbocycles. The summed E-state index contributed by atoms with van der Waals surface area (Å²) < 4.78 is 0. The van der Waals surface area contributed by atoms with Gasteiger partial charge in [0.1, 0.15) is 5.82 Å². The van der Waals surface area contributed by atoms with Gasteiger partial charge in [0.2, 0.25) is 0 Å². The van der Waals surface area contributed by atoms with E-state index >= 15 is 0 Å². The molecule has 0 bridgehead atoms. The number of Topliss-reactive ketones (excluding diaryl/α,β-unsaturated/α-hetero) is 1. The Labute approximate surface area is 103 Å². The molecular formula is C13H21N3O. The first-order valence-corrected chi connectivity index (χ1v) is 5.81. The SMILES string of the molecule is CCC(C)(C(=O)Cc1ccnc(N)c1)N(C)C. The van der Waals surface area contributed by atoms with E-state index in [1.807, 2.05) is 38.9 Å². The number of carbonyl (C=O) groups is 1. The highest BCUT2D eigenvalue weighted by atomic mass is 16.1. The van der Waals surface area contributed by atoms with Crippen molar-refractivity contribution >= 4 is 11.6 Å². The molecule has 4 heteroatoms. The molecule has 0 saturated heterocycles. The number of nitrogens with zero attached hydrogens (tertiary/aromatic N) is 2. The Bertz CT molecular complexity index is 403. The maximum Gasteiger partial charge on any atom is 0.157 e. The molecule has 2 N–H and O–H groups in total. The van der Waals surface area contributed by atoms with E-state index in [4.69, 9.17) is 5.73 Å². The predicted octanol–water partition coefficient (Wildman–Crippen LogP) is 1.51. The van der Waals surface area contributed by atoms with Gasteiger partial charge in [0, 0.05) is 12.6 Å². The highest BCUT2D eigenvalue weighted by Gasteiger charge is 2.32. The first-order valence-electron chi connectivity index (χ1n) is 5.81. The third-order valence-electron chi connectivity index (χ3n) is 3.49. The van der Waals surface area contributed by atoms with Crippen LogP contribution in [-0.4, -0.2) is 35.3 Å². The Hall–Kier alpha value is -1.42. The van der Waals surface area contributed by atoms with Crippen LogP contribution in [0.4, 0.5) is 5.82 Å². The molecule has 0 amide bonds. The van der Waals surface area contributed by atoms with Crippen molar-refractivity contribution in [2.75, 3.05) is 19.8 Å². The molecule has 0 radical (unpaired) electrons. The van der Waals surface area contributed by atoms with Crippen LogP contribution in [0.25, 0.3) is 0 Å². The number of hydrogen-bond donors (Lipinski definition) is 1. The van der Waals surface area contributed by atoms with Gasteiger partial charge >= 0.3 is 0 Å². The Morgan fingerprint density at radius 3 is 2.65 bits per heavy atom. The zero-order chi connectivity index (χ0) is 13.1. The van der Waals surface area contributed by atoms with E-state index in [2.05, 4.69) is 4.98 Å². The number of ketones is 1. The van der Waals surface area contributed by atoms with Crippen molar-refractivity contribution in [2.24, 2.45) is 0 Å². The first-order chi connectivity index (χ1) is 7.90. The number of hydrogen-bond acceptors (Lipinski definition) is 4.